The van der Waals surface area contributed by atoms with Crippen LogP contribution in [-0.2, 0) is 9.53 Å². The number of ether oxygens (including phenoxy) is 1. The molecule has 1 aliphatic rings. The van der Waals surface area contributed by atoms with Gasteiger partial charge in [0.1, 0.15) is 5.78 Å². The van der Waals surface area contributed by atoms with Gasteiger partial charge in [0.15, 0.2) is 0 Å². The van der Waals surface area contributed by atoms with Crippen molar-refractivity contribution in [3.05, 3.63) is 0 Å². The van der Waals surface area contributed by atoms with Crippen molar-refractivity contribution in [2.75, 3.05) is 13.7 Å². The highest BCUT2D eigenvalue weighted by atomic mass is 16.5. The quantitative estimate of drug-likeness (QED) is 0.719. The number of hydrogen-bond donors (Lipinski definition) is 0. The fourth-order valence-corrected chi connectivity index (χ4v) is 3.02. The number of methoxy groups -OCH3 is 1. The highest BCUT2D eigenvalue weighted by Gasteiger charge is 2.36. The van der Waals surface area contributed by atoms with Crippen LogP contribution >= 0.6 is 0 Å². The predicted molar refractivity (Wildman–Crippen MR) is 66.3 cm³/mol. The van der Waals surface area contributed by atoms with Crippen molar-refractivity contribution in [3.8, 4) is 0 Å². The molecule has 0 aromatic rings. The number of hydrogen-bond acceptors (Lipinski definition) is 2. The third-order valence-corrected chi connectivity index (χ3v) is 3.95. The Morgan fingerprint density at radius 2 is 2.06 bits per heavy atom. The van der Waals surface area contributed by atoms with Crippen molar-refractivity contribution in [2.24, 2.45) is 23.7 Å². The first-order valence-electron chi connectivity index (χ1n) is 6.60. The van der Waals surface area contributed by atoms with Gasteiger partial charge in [-0.15, -0.1) is 0 Å². The molecule has 0 saturated heterocycles. The average Bonchev–Trinajstić information content (AvgIpc) is 2.25. The van der Waals surface area contributed by atoms with Gasteiger partial charge in [-0.2, -0.15) is 0 Å². The van der Waals surface area contributed by atoms with E-state index in [0.29, 0.717) is 17.6 Å². The molecule has 16 heavy (non-hydrogen) atoms. The molecule has 1 aliphatic carbocycles. The van der Waals surface area contributed by atoms with Crippen molar-refractivity contribution >= 4 is 5.78 Å². The van der Waals surface area contributed by atoms with Gasteiger partial charge >= 0.3 is 0 Å². The minimum Gasteiger partial charge on any atom is -0.385 e. The second-order valence-corrected chi connectivity index (χ2v) is 5.53. The van der Waals surface area contributed by atoms with Crippen molar-refractivity contribution < 1.29 is 9.53 Å². The molecule has 0 aromatic carbocycles. The Kier molecular flexibility index (Phi) is 5.47. The van der Waals surface area contributed by atoms with Crippen LogP contribution < -0.4 is 0 Å². The first-order valence-corrected chi connectivity index (χ1v) is 6.60. The molecule has 0 spiro atoms. The Labute approximate surface area is 99.8 Å². The van der Waals surface area contributed by atoms with E-state index < -0.39 is 0 Å². The topological polar surface area (TPSA) is 26.3 Å². The van der Waals surface area contributed by atoms with Gasteiger partial charge in [-0.25, -0.2) is 0 Å². The maximum absolute atomic E-state index is 12.2. The molecule has 0 amide bonds. The van der Waals surface area contributed by atoms with Gasteiger partial charge in [0.05, 0.1) is 0 Å². The molecule has 0 N–H and O–H groups in total. The fourth-order valence-electron chi connectivity index (χ4n) is 3.02. The number of carbonyl (C=O) groups is 1. The molecule has 3 atom stereocenters. The summed E-state index contributed by atoms with van der Waals surface area (Å²) in [6.45, 7) is 7.08. The van der Waals surface area contributed by atoms with Crippen LogP contribution in [0.1, 0.15) is 46.5 Å². The minimum absolute atomic E-state index is 0.176. The summed E-state index contributed by atoms with van der Waals surface area (Å²) in [5, 5.41) is 0. The molecule has 2 heteroatoms. The lowest BCUT2D eigenvalue weighted by molar-refractivity contribution is -0.131. The highest BCUT2D eigenvalue weighted by molar-refractivity contribution is 5.83. The first-order chi connectivity index (χ1) is 7.57. The van der Waals surface area contributed by atoms with E-state index >= 15 is 0 Å². The molecule has 1 saturated carbocycles. The predicted octanol–water partition coefficient (Wildman–Crippen LogP) is 3.30. The molecule has 0 radical (unpaired) electrons. The standard InChI is InChI=1S/C14H26O2/c1-10(2)14(15)13-11(3)6-5-7-12(13)8-9-16-4/h10-13H,5-9H2,1-4H3. The van der Waals surface area contributed by atoms with Gasteiger partial charge in [0, 0.05) is 25.6 Å². The van der Waals surface area contributed by atoms with E-state index in [1.165, 1.54) is 19.3 Å². The molecule has 1 fully saturated rings. The number of ketones is 1. The van der Waals surface area contributed by atoms with E-state index in [1.807, 2.05) is 13.8 Å². The Morgan fingerprint density at radius 1 is 1.38 bits per heavy atom. The molecule has 2 nitrogen and oxygen atoms in total. The Bertz CT molecular complexity index is 223. The lowest BCUT2D eigenvalue weighted by Gasteiger charge is -2.36. The average molecular weight is 226 g/mol. The molecule has 0 heterocycles. The van der Waals surface area contributed by atoms with Crippen LogP contribution in [0.4, 0.5) is 0 Å². The molecule has 0 bridgehead atoms. The largest absolute Gasteiger partial charge is 0.385 e. The van der Waals surface area contributed by atoms with Crippen LogP contribution in [0.25, 0.3) is 0 Å². The molecule has 1 rings (SSSR count). The van der Waals surface area contributed by atoms with E-state index in [0.717, 1.165) is 13.0 Å². The third-order valence-electron chi connectivity index (χ3n) is 3.95. The van der Waals surface area contributed by atoms with Gasteiger partial charge in [-0.1, -0.05) is 33.6 Å². The Morgan fingerprint density at radius 3 is 2.62 bits per heavy atom. The lowest BCUT2D eigenvalue weighted by atomic mass is 9.68. The van der Waals surface area contributed by atoms with E-state index in [1.54, 1.807) is 7.11 Å². The molecule has 3 unspecified atom stereocenters. The summed E-state index contributed by atoms with van der Waals surface area (Å²) in [5.41, 5.74) is 0. The third kappa shape index (κ3) is 3.31. The number of Topliss-reactive ketones (excluding diaryl/α,β-unsaturated/α-hetero) is 1. The minimum atomic E-state index is 0.176. The fraction of sp³-hybridized carbons (Fsp3) is 0.929. The maximum Gasteiger partial charge on any atom is 0.139 e. The molecule has 0 aromatic heterocycles. The van der Waals surface area contributed by atoms with Crippen molar-refractivity contribution in [1.29, 1.82) is 0 Å². The van der Waals surface area contributed by atoms with Crippen LogP contribution in [0, 0.1) is 23.7 Å². The normalized spacial score (nSPS) is 30.7. The highest BCUT2D eigenvalue weighted by Crippen LogP contribution is 2.38. The van der Waals surface area contributed by atoms with Crippen molar-refractivity contribution in [1.82, 2.24) is 0 Å². The summed E-state index contributed by atoms with van der Waals surface area (Å²) in [6, 6.07) is 0. The van der Waals surface area contributed by atoms with Gasteiger partial charge in [0.25, 0.3) is 0 Å². The van der Waals surface area contributed by atoms with Crippen molar-refractivity contribution in [3.63, 3.8) is 0 Å². The first kappa shape index (κ1) is 13.7. The summed E-state index contributed by atoms with van der Waals surface area (Å²) >= 11 is 0. The van der Waals surface area contributed by atoms with Gasteiger partial charge in [-0.3, -0.25) is 4.79 Å². The Balaban J connectivity index is 2.67. The van der Waals surface area contributed by atoms with E-state index in [-0.39, 0.29) is 11.8 Å². The second kappa shape index (κ2) is 6.39. The zero-order valence-corrected chi connectivity index (χ0v) is 11.2. The molecule has 0 aliphatic heterocycles. The van der Waals surface area contributed by atoms with Crippen LogP contribution in [0.5, 0.6) is 0 Å². The smallest absolute Gasteiger partial charge is 0.139 e. The monoisotopic (exact) mass is 226 g/mol. The zero-order chi connectivity index (χ0) is 12.1. The maximum atomic E-state index is 12.2. The molecular formula is C14H26O2. The van der Waals surface area contributed by atoms with Crippen molar-refractivity contribution in [2.45, 2.75) is 46.5 Å². The van der Waals surface area contributed by atoms with E-state index in [4.69, 9.17) is 4.74 Å². The summed E-state index contributed by atoms with van der Waals surface area (Å²) in [4.78, 5) is 12.2. The van der Waals surface area contributed by atoms with Crippen LogP contribution in [0.2, 0.25) is 0 Å². The SMILES string of the molecule is COCCC1CCCC(C)C1C(=O)C(C)C. The van der Waals surface area contributed by atoms with Gasteiger partial charge in [-0.05, 0) is 24.7 Å². The summed E-state index contributed by atoms with van der Waals surface area (Å²) in [7, 11) is 1.74. The second-order valence-electron chi connectivity index (χ2n) is 5.53. The summed E-state index contributed by atoms with van der Waals surface area (Å²) in [5.74, 6) is 2.04. The van der Waals surface area contributed by atoms with E-state index in [2.05, 4.69) is 6.92 Å². The van der Waals surface area contributed by atoms with E-state index in [9.17, 15) is 4.79 Å². The summed E-state index contributed by atoms with van der Waals surface area (Å²) < 4.78 is 5.16. The van der Waals surface area contributed by atoms with Gasteiger partial charge in [0.2, 0.25) is 0 Å². The lowest BCUT2D eigenvalue weighted by Crippen LogP contribution is -2.36. The number of carbonyl (C=O) groups excluding carboxylic acids is 1. The molecule has 94 valence electrons. The molecular weight excluding hydrogens is 200 g/mol. The van der Waals surface area contributed by atoms with Crippen LogP contribution in [-0.4, -0.2) is 19.5 Å². The van der Waals surface area contributed by atoms with Crippen LogP contribution in [0.3, 0.4) is 0 Å². The van der Waals surface area contributed by atoms with Gasteiger partial charge < -0.3 is 4.74 Å². The van der Waals surface area contributed by atoms with Crippen LogP contribution in [0.15, 0.2) is 0 Å². The summed E-state index contributed by atoms with van der Waals surface area (Å²) in [6.07, 6.45) is 4.74. The number of rotatable bonds is 5. The Hall–Kier alpha value is -0.370. The zero-order valence-electron chi connectivity index (χ0n) is 11.2.